The molecule has 1 heterocycles. The lowest BCUT2D eigenvalue weighted by Gasteiger charge is -2.25. The number of aryl methyl sites for hydroxylation is 1. The standard InChI is InChI=1S/C21H22N2O2/c1-3-23-20(8-9-22-23)21-18(14-4-6-15(24)7-5-14)12-17-13(2)10-16(25)11-19(17)21/h4-7,9-11,20,24-25H,3,8,12H2,1-2H3. The van der Waals surface area contributed by atoms with Crippen LogP contribution in [0.15, 0.2) is 41.5 Å². The largest absolute Gasteiger partial charge is 0.508 e. The molecule has 4 heteroatoms. The van der Waals surface area contributed by atoms with E-state index in [1.807, 2.05) is 30.5 Å². The van der Waals surface area contributed by atoms with Gasteiger partial charge in [0.15, 0.2) is 0 Å². The molecule has 0 amide bonds. The Morgan fingerprint density at radius 3 is 2.60 bits per heavy atom. The molecule has 1 aliphatic heterocycles. The number of benzene rings is 2. The summed E-state index contributed by atoms with van der Waals surface area (Å²) in [5, 5.41) is 26.4. The van der Waals surface area contributed by atoms with Gasteiger partial charge in [-0.25, -0.2) is 0 Å². The van der Waals surface area contributed by atoms with Gasteiger partial charge in [0.2, 0.25) is 0 Å². The first kappa shape index (κ1) is 15.8. The number of hydrazone groups is 1. The fourth-order valence-corrected chi connectivity index (χ4v) is 4.03. The summed E-state index contributed by atoms with van der Waals surface area (Å²) < 4.78 is 0. The minimum absolute atomic E-state index is 0.191. The Bertz CT molecular complexity index is 882. The number of likely N-dealkylation sites (N-methyl/N-ethyl adjacent to an activating group) is 1. The van der Waals surface area contributed by atoms with E-state index in [0.717, 1.165) is 36.1 Å². The highest BCUT2D eigenvalue weighted by molar-refractivity contribution is 6.00. The highest BCUT2D eigenvalue weighted by Crippen LogP contribution is 2.45. The summed E-state index contributed by atoms with van der Waals surface area (Å²) in [6, 6.07) is 11.3. The van der Waals surface area contributed by atoms with Gasteiger partial charge in [0.25, 0.3) is 0 Å². The molecule has 2 aromatic carbocycles. The molecule has 0 bridgehead atoms. The second-order valence-electron chi connectivity index (χ2n) is 6.71. The first-order valence-electron chi connectivity index (χ1n) is 8.73. The summed E-state index contributed by atoms with van der Waals surface area (Å²) in [7, 11) is 0. The topological polar surface area (TPSA) is 56.1 Å². The lowest BCUT2D eigenvalue weighted by atomic mass is 9.92. The maximum atomic E-state index is 10.2. The number of phenols is 2. The summed E-state index contributed by atoms with van der Waals surface area (Å²) in [5.41, 5.74) is 7.15. The van der Waals surface area contributed by atoms with E-state index in [-0.39, 0.29) is 11.8 Å². The molecule has 0 aromatic heterocycles. The molecule has 0 saturated carbocycles. The number of hydrogen-bond donors (Lipinski definition) is 2. The van der Waals surface area contributed by atoms with Crippen LogP contribution in [0.25, 0.3) is 11.1 Å². The van der Waals surface area contributed by atoms with E-state index in [1.165, 1.54) is 16.7 Å². The molecule has 2 aliphatic rings. The summed E-state index contributed by atoms with van der Waals surface area (Å²) in [6.07, 6.45) is 3.69. The molecule has 0 radical (unpaired) electrons. The number of phenolic OH excluding ortho intramolecular Hbond substituents is 2. The second kappa shape index (κ2) is 5.96. The molecule has 1 aliphatic carbocycles. The SMILES string of the molecule is CCN1N=CCC1C1=C(c2ccc(O)cc2)Cc2c(C)cc(O)cc21. The van der Waals surface area contributed by atoms with Gasteiger partial charge in [0.1, 0.15) is 11.5 Å². The fourth-order valence-electron chi connectivity index (χ4n) is 4.03. The molecule has 0 fully saturated rings. The Labute approximate surface area is 147 Å². The Morgan fingerprint density at radius 1 is 1.12 bits per heavy atom. The van der Waals surface area contributed by atoms with Gasteiger partial charge in [0, 0.05) is 19.2 Å². The third kappa shape index (κ3) is 2.58. The van der Waals surface area contributed by atoms with E-state index in [1.54, 1.807) is 12.1 Å². The third-order valence-corrected chi connectivity index (χ3v) is 5.22. The molecular formula is C21H22N2O2. The molecule has 2 N–H and O–H groups in total. The van der Waals surface area contributed by atoms with Crippen molar-refractivity contribution in [1.82, 2.24) is 5.01 Å². The number of fused-ring (bicyclic) bond motifs is 1. The van der Waals surface area contributed by atoms with Crippen molar-refractivity contribution >= 4 is 17.4 Å². The first-order chi connectivity index (χ1) is 12.1. The van der Waals surface area contributed by atoms with Crippen LogP contribution in [0.2, 0.25) is 0 Å². The predicted molar refractivity (Wildman–Crippen MR) is 101 cm³/mol. The van der Waals surface area contributed by atoms with Crippen LogP contribution in [0.5, 0.6) is 11.5 Å². The number of rotatable bonds is 3. The molecule has 0 saturated heterocycles. The number of allylic oxidation sites excluding steroid dienone is 1. The monoisotopic (exact) mass is 334 g/mol. The van der Waals surface area contributed by atoms with Crippen molar-refractivity contribution in [2.24, 2.45) is 5.10 Å². The Morgan fingerprint density at radius 2 is 1.88 bits per heavy atom. The highest BCUT2D eigenvalue weighted by atomic mass is 16.3. The minimum atomic E-state index is 0.191. The highest BCUT2D eigenvalue weighted by Gasteiger charge is 2.33. The van der Waals surface area contributed by atoms with Crippen molar-refractivity contribution in [1.29, 1.82) is 0 Å². The van der Waals surface area contributed by atoms with E-state index in [0.29, 0.717) is 5.75 Å². The van der Waals surface area contributed by atoms with E-state index in [2.05, 4.69) is 24.0 Å². The molecule has 128 valence electrons. The summed E-state index contributed by atoms with van der Waals surface area (Å²) >= 11 is 0. The van der Waals surface area contributed by atoms with E-state index in [9.17, 15) is 10.2 Å². The smallest absolute Gasteiger partial charge is 0.116 e. The molecule has 25 heavy (non-hydrogen) atoms. The molecule has 4 nitrogen and oxygen atoms in total. The zero-order valence-electron chi connectivity index (χ0n) is 14.5. The fraction of sp³-hybridized carbons (Fsp3) is 0.286. The second-order valence-corrected chi connectivity index (χ2v) is 6.71. The van der Waals surface area contributed by atoms with E-state index < -0.39 is 0 Å². The maximum Gasteiger partial charge on any atom is 0.116 e. The van der Waals surface area contributed by atoms with Crippen LogP contribution in [0.3, 0.4) is 0 Å². The van der Waals surface area contributed by atoms with Gasteiger partial charge in [-0.2, -0.15) is 5.10 Å². The van der Waals surface area contributed by atoms with Crippen LogP contribution < -0.4 is 0 Å². The van der Waals surface area contributed by atoms with Gasteiger partial charge in [-0.1, -0.05) is 12.1 Å². The van der Waals surface area contributed by atoms with Crippen LogP contribution in [-0.4, -0.2) is 34.0 Å². The molecule has 1 unspecified atom stereocenters. The average Bonchev–Trinajstić information content (AvgIpc) is 3.19. The van der Waals surface area contributed by atoms with Gasteiger partial charge >= 0.3 is 0 Å². The van der Waals surface area contributed by atoms with E-state index in [4.69, 9.17) is 0 Å². The summed E-state index contributed by atoms with van der Waals surface area (Å²) in [6.45, 7) is 5.01. The van der Waals surface area contributed by atoms with Gasteiger partial charge in [-0.3, -0.25) is 5.01 Å². The summed E-state index contributed by atoms with van der Waals surface area (Å²) in [5.74, 6) is 0.581. The number of aromatic hydroxyl groups is 2. The summed E-state index contributed by atoms with van der Waals surface area (Å²) in [4.78, 5) is 0. The van der Waals surface area contributed by atoms with Crippen molar-refractivity contribution in [3.8, 4) is 11.5 Å². The minimum Gasteiger partial charge on any atom is -0.508 e. The number of nitrogens with zero attached hydrogens (tertiary/aromatic N) is 2. The van der Waals surface area contributed by atoms with Crippen molar-refractivity contribution in [2.45, 2.75) is 32.7 Å². The molecular weight excluding hydrogens is 312 g/mol. The predicted octanol–water partition coefficient (Wildman–Crippen LogP) is 3.95. The van der Waals surface area contributed by atoms with Gasteiger partial charge in [0.05, 0.1) is 6.04 Å². The van der Waals surface area contributed by atoms with Crippen molar-refractivity contribution in [2.75, 3.05) is 6.54 Å². The molecule has 2 aromatic rings. The Kier molecular flexibility index (Phi) is 3.75. The van der Waals surface area contributed by atoms with Crippen LogP contribution in [-0.2, 0) is 6.42 Å². The zero-order valence-corrected chi connectivity index (χ0v) is 14.5. The van der Waals surface area contributed by atoms with Crippen LogP contribution in [0.4, 0.5) is 0 Å². The number of hydrogen-bond acceptors (Lipinski definition) is 4. The molecule has 0 spiro atoms. The normalized spacial score (nSPS) is 19.0. The van der Waals surface area contributed by atoms with Crippen molar-refractivity contribution in [3.05, 3.63) is 58.7 Å². The van der Waals surface area contributed by atoms with Crippen molar-refractivity contribution in [3.63, 3.8) is 0 Å². The van der Waals surface area contributed by atoms with Crippen LogP contribution in [0, 0.1) is 6.92 Å². The maximum absolute atomic E-state index is 10.2. The van der Waals surface area contributed by atoms with Crippen molar-refractivity contribution < 1.29 is 10.2 Å². The third-order valence-electron chi connectivity index (χ3n) is 5.22. The van der Waals surface area contributed by atoms with Crippen LogP contribution in [0.1, 0.15) is 35.6 Å². The lowest BCUT2D eigenvalue weighted by Crippen LogP contribution is -2.27. The lowest BCUT2D eigenvalue weighted by molar-refractivity contribution is 0.289. The van der Waals surface area contributed by atoms with Gasteiger partial charge in [-0.05, 0) is 77.9 Å². The molecule has 4 rings (SSSR count). The van der Waals surface area contributed by atoms with Crippen LogP contribution >= 0.6 is 0 Å². The Balaban J connectivity index is 1.90. The van der Waals surface area contributed by atoms with Gasteiger partial charge in [-0.15, -0.1) is 0 Å². The molecule has 1 atom stereocenters. The Hall–Kier alpha value is -2.75. The van der Waals surface area contributed by atoms with Gasteiger partial charge < -0.3 is 10.2 Å². The van der Waals surface area contributed by atoms with E-state index >= 15 is 0 Å². The quantitative estimate of drug-likeness (QED) is 0.893. The average molecular weight is 334 g/mol. The first-order valence-corrected chi connectivity index (χ1v) is 8.73. The zero-order chi connectivity index (χ0) is 17.6.